The molecule has 0 bridgehead atoms. The van der Waals surface area contributed by atoms with Crippen LogP contribution in [0, 0.1) is 11.3 Å². The van der Waals surface area contributed by atoms with E-state index in [1.807, 2.05) is 30.3 Å². The van der Waals surface area contributed by atoms with E-state index in [0.29, 0.717) is 23.6 Å². The Morgan fingerprint density at radius 2 is 1.76 bits per heavy atom. The summed E-state index contributed by atoms with van der Waals surface area (Å²) in [6.45, 7) is 0.444. The molecule has 0 aromatic heterocycles. The lowest BCUT2D eigenvalue weighted by Gasteiger charge is -2.08. The number of para-hydroxylation sites is 2. The van der Waals surface area contributed by atoms with Crippen LogP contribution in [0.1, 0.15) is 11.1 Å². The molecule has 0 spiro atoms. The molecule has 0 saturated heterocycles. The van der Waals surface area contributed by atoms with E-state index in [9.17, 15) is 0 Å². The Kier molecular flexibility index (Phi) is 3.27. The maximum Gasteiger partial charge on any atom is 0.142 e. The van der Waals surface area contributed by atoms with E-state index in [-0.39, 0.29) is 0 Å². The lowest BCUT2D eigenvalue weighted by molar-refractivity contribution is 0.308. The number of nitrogens with two attached hydrogens (primary N) is 1. The van der Waals surface area contributed by atoms with Crippen LogP contribution in [0.3, 0.4) is 0 Å². The van der Waals surface area contributed by atoms with Gasteiger partial charge in [-0.05, 0) is 29.8 Å². The second-order valence-electron chi connectivity index (χ2n) is 3.64. The smallest absolute Gasteiger partial charge is 0.142 e. The van der Waals surface area contributed by atoms with Crippen molar-refractivity contribution in [3.8, 4) is 11.8 Å². The molecular weight excluding hydrogens is 212 g/mol. The molecule has 2 rings (SSSR count). The van der Waals surface area contributed by atoms with Gasteiger partial charge in [-0.3, -0.25) is 0 Å². The van der Waals surface area contributed by atoms with Gasteiger partial charge in [0.25, 0.3) is 0 Å². The molecule has 0 atom stereocenters. The first-order chi connectivity index (χ1) is 8.29. The third-order valence-corrected chi connectivity index (χ3v) is 2.40. The number of nitrogen functional groups attached to an aromatic ring is 1. The highest BCUT2D eigenvalue weighted by molar-refractivity contribution is 5.51. The van der Waals surface area contributed by atoms with Crippen molar-refractivity contribution < 1.29 is 4.74 Å². The van der Waals surface area contributed by atoms with Gasteiger partial charge in [-0.1, -0.05) is 24.3 Å². The summed E-state index contributed by atoms with van der Waals surface area (Å²) in [5, 5.41) is 8.68. The fraction of sp³-hybridized carbons (Fsp3) is 0.0714. The highest BCUT2D eigenvalue weighted by Gasteiger charge is 1.99. The van der Waals surface area contributed by atoms with Gasteiger partial charge in [0.15, 0.2) is 0 Å². The molecule has 0 radical (unpaired) electrons. The SMILES string of the molecule is N#Cc1ccc(COc2ccccc2N)cc1. The van der Waals surface area contributed by atoms with Crippen LogP contribution in [-0.2, 0) is 6.61 Å². The number of nitriles is 1. The summed E-state index contributed by atoms with van der Waals surface area (Å²) in [6, 6.07) is 16.7. The van der Waals surface area contributed by atoms with Gasteiger partial charge in [-0.25, -0.2) is 0 Å². The van der Waals surface area contributed by atoms with E-state index in [1.165, 1.54) is 0 Å². The summed E-state index contributed by atoms with van der Waals surface area (Å²) < 4.78 is 5.59. The molecule has 17 heavy (non-hydrogen) atoms. The molecule has 2 aromatic rings. The van der Waals surface area contributed by atoms with Gasteiger partial charge in [-0.15, -0.1) is 0 Å². The lowest BCUT2D eigenvalue weighted by Crippen LogP contribution is -1.98. The lowest BCUT2D eigenvalue weighted by atomic mass is 10.1. The first-order valence-electron chi connectivity index (χ1n) is 5.26. The first kappa shape index (κ1) is 11.0. The first-order valence-corrected chi connectivity index (χ1v) is 5.26. The van der Waals surface area contributed by atoms with Crippen molar-refractivity contribution in [3.63, 3.8) is 0 Å². The zero-order chi connectivity index (χ0) is 12.1. The van der Waals surface area contributed by atoms with Crippen molar-refractivity contribution in [2.24, 2.45) is 0 Å². The number of anilines is 1. The summed E-state index contributed by atoms with van der Waals surface area (Å²) in [6.07, 6.45) is 0. The predicted octanol–water partition coefficient (Wildman–Crippen LogP) is 2.72. The zero-order valence-electron chi connectivity index (χ0n) is 9.26. The van der Waals surface area contributed by atoms with Crippen LogP contribution in [0.4, 0.5) is 5.69 Å². The second-order valence-corrected chi connectivity index (χ2v) is 3.64. The zero-order valence-corrected chi connectivity index (χ0v) is 9.26. The normalized spacial score (nSPS) is 9.59. The Balaban J connectivity index is 2.03. The van der Waals surface area contributed by atoms with E-state index in [2.05, 4.69) is 6.07 Å². The van der Waals surface area contributed by atoms with Crippen LogP contribution in [0.15, 0.2) is 48.5 Å². The largest absolute Gasteiger partial charge is 0.487 e. The van der Waals surface area contributed by atoms with Crippen molar-refractivity contribution in [1.82, 2.24) is 0 Å². The van der Waals surface area contributed by atoms with Crippen LogP contribution in [-0.4, -0.2) is 0 Å². The average Bonchev–Trinajstić information content (AvgIpc) is 2.38. The van der Waals surface area contributed by atoms with E-state index in [4.69, 9.17) is 15.7 Å². The molecule has 0 amide bonds. The minimum atomic E-state index is 0.444. The van der Waals surface area contributed by atoms with Gasteiger partial charge < -0.3 is 10.5 Å². The number of benzene rings is 2. The van der Waals surface area contributed by atoms with Gasteiger partial charge in [0.05, 0.1) is 17.3 Å². The molecule has 0 aliphatic carbocycles. The molecular formula is C14H12N2O. The minimum absolute atomic E-state index is 0.444. The Morgan fingerprint density at radius 3 is 2.41 bits per heavy atom. The summed E-state index contributed by atoms with van der Waals surface area (Å²) in [5.74, 6) is 0.678. The average molecular weight is 224 g/mol. The van der Waals surface area contributed by atoms with E-state index in [1.54, 1.807) is 18.2 Å². The maximum atomic E-state index is 8.68. The summed E-state index contributed by atoms with van der Waals surface area (Å²) >= 11 is 0. The van der Waals surface area contributed by atoms with E-state index >= 15 is 0 Å². The number of hydrogen-bond donors (Lipinski definition) is 1. The predicted molar refractivity (Wildman–Crippen MR) is 66.3 cm³/mol. The summed E-state index contributed by atoms with van der Waals surface area (Å²) in [4.78, 5) is 0. The Hall–Kier alpha value is -2.47. The Labute approximate surface area is 100 Å². The van der Waals surface area contributed by atoms with Gasteiger partial charge in [-0.2, -0.15) is 5.26 Å². The molecule has 84 valence electrons. The standard InChI is InChI=1S/C14H12N2O/c15-9-11-5-7-12(8-6-11)10-17-14-4-2-1-3-13(14)16/h1-8H,10,16H2. The molecule has 3 heteroatoms. The van der Waals surface area contributed by atoms with Crippen molar-refractivity contribution in [2.75, 3.05) is 5.73 Å². The third kappa shape index (κ3) is 2.76. The Bertz CT molecular complexity index is 541. The fourth-order valence-electron chi connectivity index (χ4n) is 1.45. The van der Waals surface area contributed by atoms with Gasteiger partial charge in [0.2, 0.25) is 0 Å². The quantitative estimate of drug-likeness (QED) is 0.815. The van der Waals surface area contributed by atoms with Crippen molar-refractivity contribution >= 4 is 5.69 Å². The summed E-state index contributed by atoms with van der Waals surface area (Å²) in [5.41, 5.74) is 8.04. The molecule has 0 saturated carbocycles. The van der Waals surface area contributed by atoms with E-state index in [0.717, 1.165) is 5.56 Å². The van der Waals surface area contributed by atoms with Crippen LogP contribution in [0.25, 0.3) is 0 Å². The van der Waals surface area contributed by atoms with Gasteiger partial charge in [0, 0.05) is 0 Å². The molecule has 2 aromatic carbocycles. The molecule has 0 unspecified atom stereocenters. The van der Waals surface area contributed by atoms with Crippen molar-refractivity contribution in [1.29, 1.82) is 5.26 Å². The van der Waals surface area contributed by atoms with Crippen LogP contribution < -0.4 is 10.5 Å². The van der Waals surface area contributed by atoms with Gasteiger partial charge in [0.1, 0.15) is 12.4 Å². The van der Waals surface area contributed by atoms with Crippen molar-refractivity contribution in [2.45, 2.75) is 6.61 Å². The number of hydrogen-bond acceptors (Lipinski definition) is 3. The third-order valence-electron chi connectivity index (χ3n) is 2.40. The molecule has 0 aliphatic heterocycles. The highest BCUT2D eigenvalue weighted by atomic mass is 16.5. The van der Waals surface area contributed by atoms with Crippen molar-refractivity contribution in [3.05, 3.63) is 59.7 Å². The topological polar surface area (TPSA) is 59.0 Å². The van der Waals surface area contributed by atoms with Gasteiger partial charge >= 0.3 is 0 Å². The number of nitrogens with zero attached hydrogens (tertiary/aromatic N) is 1. The summed E-state index contributed by atoms with van der Waals surface area (Å²) in [7, 11) is 0. The highest BCUT2D eigenvalue weighted by Crippen LogP contribution is 2.21. The monoisotopic (exact) mass is 224 g/mol. The minimum Gasteiger partial charge on any atom is -0.487 e. The number of ether oxygens (including phenoxy) is 1. The molecule has 3 nitrogen and oxygen atoms in total. The molecule has 0 fully saturated rings. The second kappa shape index (κ2) is 5.04. The van der Waals surface area contributed by atoms with E-state index < -0.39 is 0 Å². The van der Waals surface area contributed by atoms with Crippen LogP contribution in [0.5, 0.6) is 5.75 Å². The maximum absolute atomic E-state index is 8.68. The number of rotatable bonds is 3. The fourth-order valence-corrected chi connectivity index (χ4v) is 1.45. The van der Waals surface area contributed by atoms with Crippen LogP contribution in [0.2, 0.25) is 0 Å². The Morgan fingerprint density at radius 1 is 1.06 bits per heavy atom. The van der Waals surface area contributed by atoms with Crippen LogP contribution >= 0.6 is 0 Å². The molecule has 2 N–H and O–H groups in total. The molecule has 0 heterocycles. The molecule has 0 aliphatic rings.